The van der Waals surface area contributed by atoms with Crippen LogP contribution < -0.4 is 5.73 Å². The van der Waals surface area contributed by atoms with Crippen LogP contribution in [0.4, 0.5) is 0 Å². The fraction of sp³-hybridized carbons (Fsp3) is 0.900. The molecule has 0 aliphatic carbocycles. The van der Waals surface area contributed by atoms with E-state index >= 15 is 0 Å². The van der Waals surface area contributed by atoms with Crippen molar-refractivity contribution in [2.24, 2.45) is 5.73 Å². The van der Waals surface area contributed by atoms with E-state index < -0.39 is 0 Å². The highest BCUT2D eigenvalue weighted by atomic mass is 15.2. The third-order valence-electron chi connectivity index (χ3n) is 3.07. The first-order chi connectivity index (χ1) is 6.65. The Bertz CT molecular complexity index is 193. The Morgan fingerprint density at radius 2 is 2.07 bits per heavy atom. The van der Waals surface area contributed by atoms with Crippen molar-refractivity contribution in [3.05, 3.63) is 0 Å². The van der Waals surface area contributed by atoms with E-state index in [4.69, 9.17) is 11.1 Å². The second kappa shape index (κ2) is 5.32. The van der Waals surface area contributed by atoms with Gasteiger partial charge in [-0.15, -0.1) is 0 Å². The van der Waals surface area contributed by atoms with E-state index in [1.54, 1.807) is 0 Å². The normalized spacial score (nSPS) is 23.0. The van der Waals surface area contributed by atoms with Crippen LogP contribution in [-0.4, -0.2) is 54.4 Å². The van der Waals surface area contributed by atoms with Crippen molar-refractivity contribution in [1.82, 2.24) is 9.80 Å². The number of likely N-dealkylation sites (N-methyl/N-ethyl adjacent to an activating group) is 1. The molecule has 3 N–H and O–H groups in total. The maximum Gasteiger partial charge on any atom is 0.108 e. The van der Waals surface area contributed by atoms with Gasteiger partial charge in [0, 0.05) is 19.6 Å². The smallest absolute Gasteiger partial charge is 0.108 e. The van der Waals surface area contributed by atoms with Crippen LogP contribution in [0.5, 0.6) is 0 Å². The number of rotatable bonds is 3. The Hall–Kier alpha value is -0.610. The number of nitrogens with one attached hydrogen (secondary N) is 1. The van der Waals surface area contributed by atoms with Gasteiger partial charge in [0.25, 0.3) is 0 Å². The molecule has 1 rings (SSSR count). The lowest BCUT2D eigenvalue weighted by Gasteiger charge is -2.26. The van der Waals surface area contributed by atoms with Gasteiger partial charge in [0.2, 0.25) is 0 Å². The van der Waals surface area contributed by atoms with Crippen molar-refractivity contribution in [3.63, 3.8) is 0 Å². The zero-order valence-electron chi connectivity index (χ0n) is 9.29. The first-order valence-electron chi connectivity index (χ1n) is 5.45. The molecule has 1 heterocycles. The molecule has 1 atom stereocenters. The molecule has 1 fully saturated rings. The van der Waals surface area contributed by atoms with E-state index in [9.17, 15) is 0 Å². The molecular weight excluding hydrogens is 176 g/mol. The molecule has 4 heteroatoms. The Morgan fingerprint density at radius 3 is 2.64 bits per heavy atom. The van der Waals surface area contributed by atoms with Crippen molar-refractivity contribution < 1.29 is 0 Å². The molecule has 14 heavy (non-hydrogen) atoms. The van der Waals surface area contributed by atoms with Gasteiger partial charge < -0.3 is 10.6 Å². The van der Waals surface area contributed by atoms with Crippen LogP contribution in [0.15, 0.2) is 0 Å². The third-order valence-corrected chi connectivity index (χ3v) is 3.07. The molecule has 0 aromatic heterocycles. The average Bonchev–Trinajstić information content (AvgIpc) is 2.41. The highest BCUT2D eigenvalue weighted by molar-refractivity contribution is 5.82. The van der Waals surface area contributed by atoms with Crippen LogP contribution in [0.2, 0.25) is 0 Å². The van der Waals surface area contributed by atoms with E-state index in [0.717, 1.165) is 26.2 Å². The maximum absolute atomic E-state index is 7.43. The zero-order valence-corrected chi connectivity index (χ0v) is 9.29. The minimum Gasteiger partial charge on any atom is -0.386 e. The summed E-state index contributed by atoms with van der Waals surface area (Å²) in [6.07, 6.45) is 1.19. The molecular formula is C10H22N4. The highest BCUT2D eigenvalue weighted by Crippen LogP contribution is 2.06. The summed E-state index contributed by atoms with van der Waals surface area (Å²) in [5.41, 5.74) is 5.51. The van der Waals surface area contributed by atoms with E-state index in [1.165, 1.54) is 13.0 Å². The molecule has 0 aromatic rings. The minimum absolute atomic E-state index is 0.104. The predicted molar refractivity (Wildman–Crippen MR) is 59.7 cm³/mol. The number of amidine groups is 1. The van der Waals surface area contributed by atoms with Crippen LogP contribution in [0, 0.1) is 5.41 Å². The van der Waals surface area contributed by atoms with E-state index in [1.807, 2.05) is 6.92 Å². The van der Waals surface area contributed by atoms with Crippen molar-refractivity contribution in [2.75, 3.05) is 32.7 Å². The monoisotopic (exact) mass is 198 g/mol. The molecule has 82 valence electrons. The molecule has 1 unspecified atom stereocenters. The fourth-order valence-electron chi connectivity index (χ4n) is 1.89. The average molecular weight is 198 g/mol. The van der Waals surface area contributed by atoms with Crippen molar-refractivity contribution in [3.8, 4) is 0 Å². The number of nitrogens with zero attached hydrogens (tertiary/aromatic N) is 2. The molecule has 1 aliphatic rings. The molecule has 0 amide bonds. The van der Waals surface area contributed by atoms with Crippen LogP contribution in [0.1, 0.15) is 20.3 Å². The summed E-state index contributed by atoms with van der Waals surface area (Å²) in [4.78, 5) is 4.75. The Labute approximate surface area is 86.6 Å². The van der Waals surface area contributed by atoms with Gasteiger partial charge in [0.15, 0.2) is 0 Å². The largest absolute Gasteiger partial charge is 0.386 e. The van der Waals surface area contributed by atoms with Crippen LogP contribution in [-0.2, 0) is 0 Å². The Balaban J connectivity index is 2.45. The molecule has 1 saturated heterocycles. The lowest BCUT2D eigenvalue weighted by molar-refractivity contribution is 0.247. The zero-order chi connectivity index (χ0) is 10.6. The second-order valence-electron chi connectivity index (χ2n) is 3.96. The van der Waals surface area contributed by atoms with E-state index in [-0.39, 0.29) is 11.9 Å². The third kappa shape index (κ3) is 2.96. The van der Waals surface area contributed by atoms with Gasteiger partial charge in [-0.3, -0.25) is 10.3 Å². The lowest BCUT2D eigenvalue weighted by atomic mass is 10.2. The van der Waals surface area contributed by atoms with Gasteiger partial charge in [-0.05, 0) is 26.4 Å². The lowest BCUT2D eigenvalue weighted by Crippen LogP contribution is -2.44. The topological polar surface area (TPSA) is 56.4 Å². The van der Waals surface area contributed by atoms with Gasteiger partial charge in [0.05, 0.1) is 6.04 Å². The summed E-state index contributed by atoms with van der Waals surface area (Å²) in [6, 6.07) is 0.104. The van der Waals surface area contributed by atoms with Gasteiger partial charge in [-0.25, -0.2) is 0 Å². The number of nitrogens with two attached hydrogens (primary N) is 1. The first-order valence-corrected chi connectivity index (χ1v) is 5.45. The second-order valence-corrected chi connectivity index (χ2v) is 3.96. The van der Waals surface area contributed by atoms with Crippen molar-refractivity contribution >= 4 is 5.84 Å². The summed E-state index contributed by atoms with van der Waals surface area (Å²) in [6.45, 7) is 9.73. The van der Waals surface area contributed by atoms with Gasteiger partial charge >= 0.3 is 0 Å². The molecule has 0 aromatic carbocycles. The van der Waals surface area contributed by atoms with E-state index in [2.05, 4.69) is 16.7 Å². The molecule has 0 saturated carbocycles. The van der Waals surface area contributed by atoms with Crippen molar-refractivity contribution in [2.45, 2.75) is 26.3 Å². The minimum atomic E-state index is 0.104. The summed E-state index contributed by atoms with van der Waals surface area (Å²) in [5.74, 6) is 0.287. The number of hydrogen-bond acceptors (Lipinski definition) is 3. The van der Waals surface area contributed by atoms with Gasteiger partial charge in [0.1, 0.15) is 5.84 Å². The Morgan fingerprint density at radius 1 is 1.36 bits per heavy atom. The maximum atomic E-state index is 7.43. The summed E-state index contributed by atoms with van der Waals surface area (Å²) in [5, 5.41) is 7.43. The van der Waals surface area contributed by atoms with Crippen LogP contribution in [0.3, 0.4) is 0 Å². The van der Waals surface area contributed by atoms with Crippen molar-refractivity contribution in [1.29, 1.82) is 5.41 Å². The standard InChI is InChI=1S/C10H22N4/c1-3-13-5-4-6-14(8-7-13)9(2)10(11)12/h9H,3-8H2,1-2H3,(H3,11,12). The molecule has 0 radical (unpaired) electrons. The summed E-state index contributed by atoms with van der Waals surface area (Å²) in [7, 11) is 0. The summed E-state index contributed by atoms with van der Waals surface area (Å²) < 4.78 is 0. The molecule has 0 spiro atoms. The summed E-state index contributed by atoms with van der Waals surface area (Å²) >= 11 is 0. The Kier molecular flexibility index (Phi) is 4.35. The van der Waals surface area contributed by atoms with Gasteiger partial charge in [-0.1, -0.05) is 6.92 Å². The quantitative estimate of drug-likeness (QED) is 0.508. The molecule has 4 nitrogen and oxygen atoms in total. The first kappa shape index (κ1) is 11.5. The predicted octanol–water partition coefficient (Wildman–Crippen LogP) is 0.338. The van der Waals surface area contributed by atoms with E-state index in [0.29, 0.717) is 0 Å². The fourth-order valence-corrected chi connectivity index (χ4v) is 1.89. The van der Waals surface area contributed by atoms with Crippen LogP contribution in [0.25, 0.3) is 0 Å². The number of hydrogen-bond donors (Lipinski definition) is 2. The van der Waals surface area contributed by atoms with Gasteiger partial charge in [-0.2, -0.15) is 0 Å². The SMILES string of the molecule is CCN1CCCN(C(C)C(=N)N)CC1. The highest BCUT2D eigenvalue weighted by Gasteiger charge is 2.19. The molecule has 1 aliphatic heterocycles. The van der Waals surface area contributed by atoms with Crippen LogP contribution >= 0.6 is 0 Å². The molecule has 0 bridgehead atoms.